The molecule has 0 radical (unpaired) electrons. The maximum Gasteiger partial charge on any atom is 0.573 e. The van der Waals surface area contributed by atoms with E-state index in [1.807, 2.05) is 31.4 Å². The van der Waals surface area contributed by atoms with Crippen LogP contribution in [0.3, 0.4) is 0 Å². The molecule has 0 aliphatic carbocycles. The van der Waals surface area contributed by atoms with Crippen molar-refractivity contribution in [2.45, 2.75) is 24.2 Å². The van der Waals surface area contributed by atoms with Crippen molar-refractivity contribution in [3.8, 4) is 11.5 Å². The second-order valence-electron chi connectivity index (χ2n) is 7.46. The lowest BCUT2D eigenvalue weighted by Crippen LogP contribution is -2.17. The van der Waals surface area contributed by atoms with E-state index in [2.05, 4.69) is 37.7 Å². The normalized spacial score (nSPS) is 11.6. The Balaban J connectivity index is 0.000000266. The highest BCUT2D eigenvalue weighted by molar-refractivity contribution is 7.80. The van der Waals surface area contributed by atoms with Crippen LogP contribution < -0.4 is 20.1 Å². The minimum atomic E-state index is -4.75. The molecule has 0 bridgehead atoms. The van der Waals surface area contributed by atoms with Crippen LogP contribution in [0.1, 0.15) is 5.56 Å². The van der Waals surface area contributed by atoms with Crippen molar-refractivity contribution in [3.63, 3.8) is 0 Å². The number of fused-ring (bicyclic) bond motifs is 1. The van der Waals surface area contributed by atoms with Crippen LogP contribution in [0.25, 0.3) is 10.9 Å². The molecule has 0 unspecified atom stereocenters. The maximum atomic E-state index is 12.2. The lowest BCUT2D eigenvalue weighted by Gasteiger charge is -2.12. The Labute approximate surface area is 218 Å². The molecule has 0 fully saturated rings. The Hall–Kier alpha value is -3.22. The SMILES string of the molecule is CNCc1c[nH]c2cc(Nc3ccc(OC(F)(F)F)cc3Cl)ccc12.FC(F)(F)Oc1cccc(S)c1. The van der Waals surface area contributed by atoms with Gasteiger partial charge >= 0.3 is 12.7 Å². The summed E-state index contributed by atoms with van der Waals surface area (Å²) in [7, 11) is 1.88. The van der Waals surface area contributed by atoms with Gasteiger partial charge in [0.1, 0.15) is 11.5 Å². The molecule has 198 valence electrons. The van der Waals surface area contributed by atoms with Crippen LogP contribution in [0.2, 0.25) is 5.02 Å². The molecule has 0 aliphatic rings. The molecular weight excluding hydrogens is 544 g/mol. The average molecular weight is 564 g/mol. The number of alkyl halides is 6. The third kappa shape index (κ3) is 8.99. The lowest BCUT2D eigenvalue weighted by atomic mass is 10.1. The second kappa shape index (κ2) is 11.9. The smallest absolute Gasteiger partial charge is 0.406 e. The van der Waals surface area contributed by atoms with Gasteiger partial charge in [-0.25, -0.2) is 0 Å². The number of aromatic amines is 1. The number of ether oxygens (including phenoxy) is 2. The predicted octanol–water partition coefficient (Wildman–Crippen LogP) is 8.06. The van der Waals surface area contributed by atoms with Crippen molar-refractivity contribution in [1.29, 1.82) is 0 Å². The van der Waals surface area contributed by atoms with Crippen LogP contribution in [0.4, 0.5) is 37.7 Å². The van der Waals surface area contributed by atoms with E-state index in [1.54, 1.807) is 6.07 Å². The number of benzene rings is 3. The summed E-state index contributed by atoms with van der Waals surface area (Å²) in [6.07, 6.45) is -7.45. The Bertz CT molecular complexity index is 1340. The number of rotatable bonds is 6. The Kier molecular flexibility index (Phi) is 9.11. The van der Waals surface area contributed by atoms with Gasteiger partial charge in [0.2, 0.25) is 0 Å². The molecule has 0 aliphatic heterocycles. The Morgan fingerprint density at radius 3 is 2.16 bits per heavy atom. The standard InChI is InChI=1S/C17H15ClF3N3O.C7H5F3OS/c1-22-8-10-9-23-16-6-11(2-4-13(10)16)24-15-5-3-12(7-14(15)18)25-17(19,20)21;8-7(9,10)11-5-2-1-3-6(12)4-5/h2-7,9,22-24H,8H2,1H3;1-4,12H. The first-order valence-electron chi connectivity index (χ1n) is 10.4. The number of H-pyrrole nitrogens is 1. The third-order valence-electron chi connectivity index (χ3n) is 4.64. The molecule has 13 heteroatoms. The zero-order chi connectivity index (χ0) is 27.2. The van der Waals surface area contributed by atoms with Crippen molar-refractivity contribution in [3.05, 3.63) is 77.4 Å². The van der Waals surface area contributed by atoms with E-state index < -0.39 is 12.7 Å². The summed E-state index contributed by atoms with van der Waals surface area (Å²) in [4.78, 5) is 3.62. The van der Waals surface area contributed by atoms with E-state index in [0.717, 1.165) is 34.8 Å². The minimum Gasteiger partial charge on any atom is -0.406 e. The number of hydrogen-bond donors (Lipinski definition) is 4. The van der Waals surface area contributed by atoms with E-state index in [0.29, 0.717) is 10.6 Å². The van der Waals surface area contributed by atoms with Crippen molar-refractivity contribution >= 4 is 46.5 Å². The van der Waals surface area contributed by atoms with Gasteiger partial charge in [0, 0.05) is 40.3 Å². The molecule has 0 saturated carbocycles. The number of anilines is 2. The van der Waals surface area contributed by atoms with Gasteiger partial charge in [0.05, 0.1) is 10.7 Å². The van der Waals surface area contributed by atoms with E-state index >= 15 is 0 Å². The summed E-state index contributed by atoms with van der Waals surface area (Å²) in [5, 5.41) is 7.42. The van der Waals surface area contributed by atoms with Crippen LogP contribution in [0.5, 0.6) is 11.5 Å². The topological polar surface area (TPSA) is 58.3 Å². The van der Waals surface area contributed by atoms with Crippen molar-refractivity contribution in [1.82, 2.24) is 10.3 Å². The molecular formula is C24H20ClF6N3O2S. The van der Waals surface area contributed by atoms with Crippen LogP contribution in [0.15, 0.2) is 71.8 Å². The number of hydrogen-bond acceptors (Lipinski definition) is 5. The number of aromatic nitrogens is 1. The summed E-state index contributed by atoms with van der Waals surface area (Å²) in [5.74, 6) is -0.616. The Morgan fingerprint density at radius 1 is 0.892 bits per heavy atom. The van der Waals surface area contributed by atoms with Gasteiger partial charge < -0.3 is 25.1 Å². The molecule has 1 heterocycles. The van der Waals surface area contributed by atoms with Gasteiger partial charge in [0.15, 0.2) is 0 Å². The highest BCUT2D eigenvalue weighted by Gasteiger charge is 2.31. The first-order valence-corrected chi connectivity index (χ1v) is 11.3. The van der Waals surface area contributed by atoms with Crippen LogP contribution in [-0.2, 0) is 6.54 Å². The van der Waals surface area contributed by atoms with E-state index in [4.69, 9.17) is 11.6 Å². The molecule has 0 saturated heterocycles. The summed E-state index contributed by atoms with van der Waals surface area (Å²) in [5.41, 5.74) is 3.34. The molecule has 0 spiro atoms. The quantitative estimate of drug-likeness (QED) is 0.142. The maximum absolute atomic E-state index is 12.2. The van der Waals surface area contributed by atoms with Crippen molar-refractivity contribution in [2.24, 2.45) is 0 Å². The van der Waals surface area contributed by atoms with Crippen LogP contribution >= 0.6 is 24.2 Å². The molecule has 4 aromatic rings. The fourth-order valence-corrected chi connectivity index (χ4v) is 3.66. The first-order chi connectivity index (χ1) is 17.3. The number of nitrogens with one attached hydrogen (secondary N) is 3. The molecule has 0 atom stereocenters. The van der Waals surface area contributed by atoms with Crippen LogP contribution in [-0.4, -0.2) is 24.8 Å². The highest BCUT2D eigenvalue weighted by Crippen LogP contribution is 2.33. The fraction of sp³-hybridized carbons (Fsp3) is 0.167. The highest BCUT2D eigenvalue weighted by atomic mass is 35.5. The van der Waals surface area contributed by atoms with Gasteiger partial charge in [-0.05, 0) is 55.1 Å². The molecule has 37 heavy (non-hydrogen) atoms. The molecule has 3 N–H and O–H groups in total. The van der Waals surface area contributed by atoms with E-state index in [1.165, 1.54) is 30.3 Å². The van der Waals surface area contributed by atoms with Gasteiger partial charge in [-0.3, -0.25) is 0 Å². The molecule has 1 aromatic heterocycles. The molecule has 5 nitrogen and oxygen atoms in total. The Morgan fingerprint density at radius 2 is 1.57 bits per heavy atom. The largest absolute Gasteiger partial charge is 0.573 e. The minimum absolute atomic E-state index is 0.129. The van der Waals surface area contributed by atoms with Gasteiger partial charge in [0.25, 0.3) is 0 Å². The van der Waals surface area contributed by atoms with Gasteiger partial charge in [-0.2, -0.15) is 0 Å². The average Bonchev–Trinajstić information content (AvgIpc) is 3.16. The monoisotopic (exact) mass is 563 g/mol. The van der Waals surface area contributed by atoms with Crippen LogP contribution in [0, 0.1) is 0 Å². The molecule has 4 rings (SSSR count). The zero-order valence-electron chi connectivity index (χ0n) is 19.0. The summed E-state index contributed by atoms with van der Waals surface area (Å²) in [6, 6.07) is 14.9. The zero-order valence-corrected chi connectivity index (χ0v) is 20.6. The molecule has 3 aromatic carbocycles. The number of thiol groups is 1. The lowest BCUT2D eigenvalue weighted by molar-refractivity contribution is -0.275. The van der Waals surface area contributed by atoms with E-state index in [-0.39, 0.29) is 16.5 Å². The van der Waals surface area contributed by atoms with E-state index in [9.17, 15) is 26.3 Å². The summed E-state index contributed by atoms with van der Waals surface area (Å²) < 4.78 is 79.1. The van der Waals surface area contributed by atoms with Gasteiger partial charge in [-0.15, -0.1) is 39.0 Å². The second-order valence-corrected chi connectivity index (χ2v) is 8.39. The summed E-state index contributed by atoms with van der Waals surface area (Å²) in [6.45, 7) is 0.749. The predicted molar refractivity (Wildman–Crippen MR) is 133 cm³/mol. The molecule has 0 amide bonds. The first kappa shape index (κ1) is 28.4. The third-order valence-corrected chi connectivity index (χ3v) is 5.23. The number of halogens is 7. The fourth-order valence-electron chi connectivity index (χ4n) is 3.23. The van der Waals surface area contributed by atoms with Crippen molar-refractivity contribution in [2.75, 3.05) is 12.4 Å². The van der Waals surface area contributed by atoms with Crippen molar-refractivity contribution < 1.29 is 35.8 Å². The van der Waals surface area contributed by atoms with Gasteiger partial charge in [-0.1, -0.05) is 23.7 Å². The summed E-state index contributed by atoms with van der Waals surface area (Å²) >= 11 is 9.90.